The van der Waals surface area contributed by atoms with Crippen molar-refractivity contribution in [3.8, 4) is 0 Å². The molecule has 1 aliphatic carbocycles. The Kier molecular flexibility index (Phi) is 5.42. The average molecular weight is 398 g/mol. The fourth-order valence-corrected chi connectivity index (χ4v) is 4.22. The van der Waals surface area contributed by atoms with E-state index in [1.54, 1.807) is 7.05 Å². The van der Waals surface area contributed by atoms with E-state index >= 15 is 0 Å². The van der Waals surface area contributed by atoms with E-state index in [-0.39, 0.29) is 5.56 Å². The van der Waals surface area contributed by atoms with E-state index in [2.05, 4.69) is 25.8 Å². The van der Waals surface area contributed by atoms with E-state index in [0.717, 1.165) is 37.2 Å². The summed E-state index contributed by atoms with van der Waals surface area (Å²) in [4.78, 5) is 4.25. The summed E-state index contributed by atoms with van der Waals surface area (Å²) >= 11 is 0. The zero-order valence-corrected chi connectivity index (χ0v) is 16.3. The maximum Gasteiger partial charge on any atom is 0.191 e. The standard InChI is InChI=1S/C21H24F2N6/c1-24-20(25-13-18-28-27-17-9-2-5-12-29(17)18)26-14-21(10-3-4-11-21)19-15(22)7-6-8-16(19)23/h2,5-9,12H,3-4,10-11,13-14H2,1H3,(H2,24,25,26). The molecule has 2 N–H and O–H groups in total. The summed E-state index contributed by atoms with van der Waals surface area (Å²) in [5.41, 5.74) is 0.380. The van der Waals surface area contributed by atoms with Crippen LogP contribution in [0.15, 0.2) is 47.6 Å². The minimum Gasteiger partial charge on any atom is -0.356 e. The van der Waals surface area contributed by atoms with Gasteiger partial charge in [-0.15, -0.1) is 10.2 Å². The Hall–Kier alpha value is -3.03. The van der Waals surface area contributed by atoms with Gasteiger partial charge in [0.1, 0.15) is 11.6 Å². The van der Waals surface area contributed by atoms with Crippen molar-refractivity contribution >= 4 is 11.6 Å². The van der Waals surface area contributed by atoms with Crippen LogP contribution in [0.1, 0.15) is 37.1 Å². The molecule has 152 valence electrons. The lowest BCUT2D eigenvalue weighted by Crippen LogP contribution is -2.45. The van der Waals surface area contributed by atoms with E-state index in [1.807, 2.05) is 28.8 Å². The normalized spacial score (nSPS) is 16.3. The van der Waals surface area contributed by atoms with Crippen LogP contribution >= 0.6 is 0 Å². The monoisotopic (exact) mass is 398 g/mol. The number of nitrogens with zero attached hydrogens (tertiary/aromatic N) is 4. The van der Waals surface area contributed by atoms with Gasteiger partial charge < -0.3 is 10.6 Å². The van der Waals surface area contributed by atoms with Gasteiger partial charge >= 0.3 is 0 Å². The molecule has 0 spiro atoms. The Bertz CT molecular complexity index is 1000. The van der Waals surface area contributed by atoms with Crippen molar-refractivity contribution in [3.05, 3.63) is 65.6 Å². The first-order chi connectivity index (χ1) is 14.1. The highest BCUT2D eigenvalue weighted by Crippen LogP contribution is 2.42. The topological polar surface area (TPSA) is 66.6 Å². The molecule has 6 nitrogen and oxygen atoms in total. The Morgan fingerprint density at radius 1 is 1.07 bits per heavy atom. The van der Waals surface area contributed by atoms with Crippen LogP contribution in [-0.4, -0.2) is 34.2 Å². The van der Waals surface area contributed by atoms with E-state index in [1.165, 1.54) is 18.2 Å². The van der Waals surface area contributed by atoms with Gasteiger partial charge in [-0.1, -0.05) is 25.0 Å². The average Bonchev–Trinajstić information content (AvgIpc) is 3.36. The number of fused-ring (bicyclic) bond motifs is 1. The minimum absolute atomic E-state index is 0.184. The summed E-state index contributed by atoms with van der Waals surface area (Å²) in [6.07, 6.45) is 5.28. The maximum absolute atomic E-state index is 14.5. The molecular formula is C21H24F2N6. The molecule has 29 heavy (non-hydrogen) atoms. The molecule has 0 aliphatic heterocycles. The summed E-state index contributed by atoms with van der Waals surface area (Å²) in [5, 5.41) is 14.8. The van der Waals surface area contributed by atoms with Crippen LogP contribution in [0.2, 0.25) is 0 Å². The first-order valence-corrected chi connectivity index (χ1v) is 9.81. The lowest BCUT2D eigenvalue weighted by atomic mass is 9.78. The molecule has 1 aromatic carbocycles. The Balaban J connectivity index is 1.47. The molecule has 0 atom stereocenters. The molecule has 1 aliphatic rings. The number of hydrogen-bond donors (Lipinski definition) is 2. The molecule has 1 saturated carbocycles. The molecule has 4 rings (SSSR count). The summed E-state index contributed by atoms with van der Waals surface area (Å²) in [5.74, 6) is 0.345. The summed E-state index contributed by atoms with van der Waals surface area (Å²) in [6.45, 7) is 0.830. The van der Waals surface area contributed by atoms with E-state index in [4.69, 9.17) is 0 Å². The van der Waals surface area contributed by atoms with Crippen LogP contribution in [-0.2, 0) is 12.0 Å². The SMILES string of the molecule is CN=C(NCc1nnc2ccccn12)NCC1(c2c(F)cccc2F)CCCC1. The van der Waals surface area contributed by atoms with Crippen molar-refractivity contribution < 1.29 is 8.78 Å². The second kappa shape index (κ2) is 8.14. The predicted octanol–water partition coefficient (Wildman–Crippen LogP) is 3.18. The van der Waals surface area contributed by atoms with E-state index in [9.17, 15) is 8.78 Å². The smallest absolute Gasteiger partial charge is 0.191 e. The summed E-state index contributed by atoms with van der Waals surface area (Å²) in [7, 11) is 1.67. The predicted molar refractivity (Wildman–Crippen MR) is 108 cm³/mol. The van der Waals surface area contributed by atoms with Crippen molar-refractivity contribution in [2.24, 2.45) is 4.99 Å². The Labute approximate surface area is 168 Å². The van der Waals surface area contributed by atoms with Gasteiger partial charge in [-0.25, -0.2) is 8.78 Å². The van der Waals surface area contributed by atoms with E-state index < -0.39 is 17.0 Å². The van der Waals surface area contributed by atoms with Crippen LogP contribution in [0.3, 0.4) is 0 Å². The lowest BCUT2D eigenvalue weighted by Gasteiger charge is -2.31. The van der Waals surface area contributed by atoms with Crippen molar-refractivity contribution in [2.45, 2.75) is 37.6 Å². The number of benzene rings is 1. The summed E-state index contributed by atoms with van der Waals surface area (Å²) < 4.78 is 30.9. The second-order valence-corrected chi connectivity index (χ2v) is 7.41. The van der Waals surface area contributed by atoms with Crippen LogP contribution < -0.4 is 10.6 Å². The minimum atomic E-state index is -0.575. The Morgan fingerprint density at radius 2 is 1.83 bits per heavy atom. The molecule has 3 aromatic rings. The van der Waals surface area contributed by atoms with Crippen LogP contribution in [0.4, 0.5) is 8.78 Å². The molecule has 0 bridgehead atoms. The number of halogens is 2. The van der Waals surface area contributed by atoms with Crippen molar-refractivity contribution in [2.75, 3.05) is 13.6 Å². The Morgan fingerprint density at radius 3 is 2.55 bits per heavy atom. The quantitative estimate of drug-likeness (QED) is 0.512. The lowest BCUT2D eigenvalue weighted by molar-refractivity contribution is 0.386. The van der Waals surface area contributed by atoms with Gasteiger partial charge in [0.05, 0.1) is 6.54 Å². The first kappa shape index (κ1) is 19.3. The molecule has 0 radical (unpaired) electrons. The van der Waals surface area contributed by atoms with Gasteiger partial charge in [-0.3, -0.25) is 9.39 Å². The van der Waals surface area contributed by atoms with Crippen LogP contribution in [0.5, 0.6) is 0 Å². The highest BCUT2D eigenvalue weighted by Gasteiger charge is 2.39. The molecule has 2 heterocycles. The molecule has 1 fully saturated rings. The van der Waals surface area contributed by atoms with Crippen LogP contribution in [0, 0.1) is 11.6 Å². The van der Waals surface area contributed by atoms with Gasteiger partial charge in [0.25, 0.3) is 0 Å². The molecule has 0 unspecified atom stereocenters. The molecule has 2 aromatic heterocycles. The van der Waals surface area contributed by atoms with Crippen molar-refractivity contribution in [1.82, 2.24) is 25.2 Å². The van der Waals surface area contributed by atoms with Crippen LogP contribution in [0.25, 0.3) is 5.65 Å². The fourth-order valence-electron chi connectivity index (χ4n) is 4.22. The molecule has 8 heteroatoms. The fraction of sp³-hybridized carbons (Fsp3) is 0.381. The third-order valence-corrected chi connectivity index (χ3v) is 5.67. The number of guanidine groups is 1. The van der Waals surface area contributed by atoms with Gasteiger partial charge in [0.2, 0.25) is 0 Å². The first-order valence-electron chi connectivity index (χ1n) is 9.81. The number of aliphatic imine (C=N–C) groups is 1. The largest absolute Gasteiger partial charge is 0.356 e. The number of nitrogens with one attached hydrogen (secondary N) is 2. The summed E-state index contributed by atoms with van der Waals surface area (Å²) in [6, 6.07) is 9.79. The third-order valence-electron chi connectivity index (χ3n) is 5.67. The van der Waals surface area contributed by atoms with Gasteiger partial charge in [-0.2, -0.15) is 0 Å². The molecule has 0 saturated heterocycles. The highest BCUT2D eigenvalue weighted by atomic mass is 19.1. The number of hydrogen-bond acceptors (Lipinski definition) is 3. The third kappa shape index (κ3) is 3.79. The molecule has 0 amide bonds. The van der Waals surface area contributed by atoms with Gasteiger partial charge in [0, 0.05) is 30.8 Å². The number of pyridine rings is 1. The van der Waals surface area contributed by atoms with Crippen molar-refractivity contribution in [1.29, 1.82) is 0 Å². The zero-order valence-electron chi connectivity index (χ0n) is 16.3. The van der Waals surface area contributed by atoms with Crippen molar-refractivity contribution in [3.63, 3.8) is 0 Å². The second-order valence-electron chi connectivity index (χ2n) is 7.41. The van der Waals surface area contributed by atoms with Gasteiger partial charge in [0.15, 0.2) is 17.4 Å². The molecular weight excluding hydrogens is 374 g/mol. The maximum atomic E-state index is 14.5. The van der Waals surface area contributed by atoms with Gasteiger partial charge in [-0.05, 0) is 37.1 Å². The zero-order chi connectivity index (χ0) is 20.3. The number of aromatic nitrogens is 3. The highest BCUT2D eigenvalue weighted by molar-refractivity contribution is 5.79. The number of rotatable bonds is 5. The van der Waals surface area contributed by atoms with E-state index in [0.29, 0.717) is 19.0 Å².